The molecule has 15 rings (SSSR count). The molecule has 0 radical (unpaired) electrons. The van der Waals surface area contributed by atoms with E-state index in [9.17, 15) is 0 Å². The molecular formula is C70H48N5OPt-3. The fourth-order valence-corrected chi connectivity index (χ4v) is 11.9. The van der Waals surface area contributed by atoms with Gasteiger partial charge < -0.3 is 23.7 Å². The topological polar surface area (TPSA) is 38.5 Å². The van der Waals surface area contributed by atoms with Crippen LogP contribution in [0.25, 0.3) is 99.6 Å². The SMILES string of the molecule is CC(C)(C)c1ccnc(-n2c3[c-]c(Oc4[c-]c(N5[CH-]N(c6c(-c7ccccc7)cccc6-c6ccccc6)c6ccccc65)ccc4)ccc3c3c4c(ccc32)-c2ccccc2-c2cccc3c5ccccc5n-4c23)c1.[Pt]. The zero-order chi connectivity index (χ0) is 50.6. The van der Waals surface area contributed by atoms with Crippen LogP contribution in [0, 0.1) is 18.8 Å². The molecule has 0 N–H and O–H groups in total. The van der Waals surface area contributed by atoms with Crippen molar-refractivity contribution in [3.05, 3.63) is 255 Å². The summed E-state index contributed by atoms with van der Waals surface area (Å²) in [5, 5.41) is 4.63. The molecule has 3 aromatic heterocycles. The van der Waals surface area contributed by atoms with Crippen molar-refractivity contribution in [3.8, 4) is 67.5 Å². The third-order valence-electron chi connectivity index (χ3n) is 15.4. The molecule has 0 saturated carbocycles. The Morgan fingerprint density at radius 2 is 1.06 bits per heavy atom. The predicted molar refractivity (Wildman–Crippen MR) is 313 cm³/mol. The molecule has 5 heterocycles. The number of hydrogen-bond acceptors (Lipinski definition) is 4. The van der Waals surface area contributed by atoms with Crippen molar-refractivity contribution in [3.63, 3.8) is 0 Å². The van der Waals surface area contributed by atoms with Crippen molar-refractivity contribution in [2.45, 2.75) is 26.2 Å². The third kappa shape index (κ3) is 7.38. The second kappa shape index (κ2) is 18.1. The van der Waals surface area contributed by atoms with Gasteiger partial charge in [0.25, 0.3) is 0 Å². The fraction of sp³-hybridized carbons (Fsp3) is 0.0571. The van der Waals surface area contributed by atoms with Crippen LogP contribution in [0.15, 0.2) is 231 Å². The minimum atomic E-state index is -0.102. The Morgan fingerprint density at radius 1 is 0.455 bits per heavy atom. The minimum Gasteiger partial charge on any atom is -0.509 e. The number of fused-ring (bicyclic) bond motifs is 13. The van der Waals surface area contributed by atoms with Crippen LogP contribution in [0.4, 0.5) is 22.7 Å². The average Bonchev–Trinajstić information content (AvgIpc) is 4.11. The summed E-state index contributed by atoms with van der Waals surface area (Å²) in [5.74, 6) is 1.97. The van der Waals surface area contributed by atoms with Gasteiger partial charge in [-0.25, -0.2) is 4.98 Å². The minimum absolute atomic E-state index is 0. The van der Waals surface area contributed by atoms with Crippen LogP contribution < -0.4 is 14.5 Å². The number of nitrogens with zero attached hydrogens (tertiary/aromatic N) is 5. The van der Waals surface area contributed by atoms with Gasteiger partial charge in [0.1, 0.15) is 5.82 Å². The van der Waals surface area contributed by atoms with Crippen LogP contribution in [-0.4, -0.2) is 14.1 Å². The zero-order valence-electron chi connectivity index (χ0n) is 42.5. The zero-order valence-corrected chi connectivity index (χ0v) is 44.7. The van der Waals surface area contributed by atoms with Gasteiger partial charge >= 0.3 is 0 Å². The number of hydrogen-bond donors (Lipinski definition) is 0. The number of pyridine rings is 1. The molecule has 0 amide bonds. The van der Waals surface area contributed by atoms with Gasteiger partial charge in [-0.05, 0) is 75.0 Å². The Balaban J connectivity index is 0.00000540. The summed E-state index contributed by atoms with van der Waals surface area (Å²) in [6, 6.07) is 87.7. The molecule has 0 atom stereocenters. The summed E-state index contributed by atoms with van der Waals surface area (Å²) in [7, 11) is 0. The molecule has 0 unspecified atom stereocenters. The average molecular weight is 1170 g/mol. The van der Waals surface area contributed by atoms with Gasteiger partial charge in [0.2, 0.25) is 0 Å². The molecule has 13 aromatic rings. The van der Waals surface area contributed by atoms with Crippen molar-refractivity contribution in [2.24, 2.45) is 0 Å². The van der Waals surface area contributed by atoms with E-state index in [1.165, 1.54) is 44.1 Å². The summed E-state index contributed by atoms with van der Waals surface area (Å²) in [5.41, 5.74) is 19.9. The monoisotopic (exact) mass is 1170 g/mol. The third-order valence-corrected chi connectivity index (χ3v) is 15.4. The van der Waals surface area contributed by atoms with Gasteiger partial charge in [-0.1, -0.05) is 189 Å². The summed E-state index contributed by atoms with van der Waals surface area (Å²) < 4.78 is 11.7. The first-order chi connectivity index (χ1) is 37.4. The summed E-state index contributed by atoms with van der Waals surface area (Å²) >= 11 is 0. The second-order valence-corrected chi connectivity index (χ2v) is 20.8. The van der Waals surface area contributed by atoms with E-state index < -0.39 is 0 Å². The van der Waals surface area contributed by atoms with Crippen LogP contribution >= 0.6 is 0 Å². The molecule has 0 fully saturated rings. The molecule has 2 aliphatic rings. The molecule has 6 nitrogen and oxygen atoms in total. The smallest absolute Gasteiger partial charge is 0.135 e. The van der Waals surface area contributed by atoms with Crippen molar-refractivity contribution >= 4 is 66.4 Å². The molecular weight excluding hydrogens is 1120 g/mol. The van der Waals surface area contributed by atoms with Crippen molar-refractivity contribution in [2.75, 3.05) is 9.80 Å². The summed E-state index contributed by atoms with van der Waals surface area (Å²) in [4.78, 5) is 9.65. The Hall–Kier alpha value is -8.96. The van der Waals surface area contributed by atoms with E-state index in [2.05, 4.69) is 271 Å². The standard InChI is InChI=1S/C70H48N5O.Pt/c1-70(2,3)47-39-40-71-65(41-47)74-63-38-37-58-54-26-11-10-25-53(54)56-30-18-31-57-55-27-12-13-32-60(55)75(68(56)57)69(58)66(63)59-36-35-50(43-64(59)74)76-49-24-16-23-48(42-49)72-44-73(62-34-15-14-33-61(62)72)67-51(45-19-6-4-7-20-45)28-17-29-52(67)46-21-8-5-9-22-46;/h4-41,44H,1-3H3;/q-3;. The molecule has 0 bridgehead atoms. The first-order valence-electron chi connectivity index (χ1n) is 25.9. The molecule has 0 spiro atoms. The molecule has 77 heavy (non-hydrogen) atoms. The number of aromatic nitrogens is 3. The summed E-state index contributed by atoms with van der Waals surface area (Å²) in [6.45, 7) is 8.93. The Kier molecular flexibility index (Phi) is 11.0. The van der Waals surface area contributed by atoms with Crippen molar-refractivity contribution in [1.82, 2.24) is 14.1 Å². The van der Waals surface area contributed by atoms with E-state index in [1.807, 2.05) is 18.3 Å². The van der Waals surface area contributed by atoms with Crippen molar-refractivity contribution in [1.29, 1.82) is 0 Å². The largest absolute Gasteiger partial charge is 0.509 e. The van der Waals surface area contributed by atoms with Gasteiger partial charge in [-0.15, -0.1) is 42.7 Å². The number of rotatable bonds is 7. The summed E-state index contributed by atoms with van der Waals surface area (Å²) in [6.07, 6.45) is 1.94. The molecule has 0 aliphatic carbocycles. The van der Waals surface area contributed by atoms with E-state index >= 15 is 0 Å². The quantitative estimate of drug-likeness (QED) is 0.149. The van der Waals surface area contributed by atoms with E-state index in [4.69, 9.17) is 9.72 Å². The van der Waals surface area contributed by atoms with Gasteiger partial charge in [0, 0.05) is 94.4 Å². The number of para-hydroxylation sites is 5. The molecule has 7 heteroatoms. The first-order valence-corrected chi connectivity index (χ1v) is 25.9. The van der Waals surface area contributed by atoms with E-state index in [0.717, 1.165) is 83.8 Å². The van der Waals surface area contributed by atoms with E-state index in [0.29, 0.717) is 11.5 Å². The van der Waals surface area contributed by atoms with Crippen LogP contribution in [0.2, 0.25) is 0 Å². The molecule has 372 valence electrons. The Bertz CT molecular complexity index is 4420. The van der Waals surface area contributed by atoms with E-state index in [1.54, 1.807) is 0 Å². The molecule has 0 saturated heterocycles. The molecule has 10 aromatic carbocycles. The number of anilines is 4. The maximum Gasteiger partial charge on any atom is 0.135 e. The van der Waals surface area contributed by atoms with Gasteiger partial charge in [0.05, 0.1) is 16.7 Å². The van der Waals surface area contributed by atoms with Crippen molar-refractivity contribution < 1.29 is 25.8 Å². The first kappa shape index (κ1) is 46.6. The normalized spacial score (nSPS) is 12.7. The van der Waals surface area contributed by atoms with Crippen LogP contribution in [0.1, 0.15) is 26.3 Å². The maximum atomic E-state index is 6.92. The number of ether oxygens (including phenoxy) is 1. The van der Waals surface area contributed by atoms with Gasteiger partial charge in [0.15, 0.2) is 0 Å². The van der Waals surface area contributed by atoms with Crippen LogP contribution in [-0.2, 0) is 26.5 Å². The Labute approximate surface area is 462 Å². The predicted octanol–water partition coefficient (Wildman–Crippen LogP) is 18.4. The molecule has 2 aliphatic heterocycles. The van der Waals surface area contributed by atoms with Crippen LogP contribution in [0.5, 0.6) is 11.5 Å². The van der Waals surface area contributed by atoms with E-state index in [-0.39, 0.29) is 26.5 Å². The van der Waals surface area contributed by atoms with Gasteiger partial charge in [-0.2, -0.15) is 12.1 Å². The van der Waals surface area contributed by atoms with Crippen LogP contribution in [0.3, 0.4) is 0 Å². The Morgan fingerprint density at radius 3 is 1.82 bits per heavy atom. The number of benzene rings is 10. The second-order valence-electron chi connectivity index (χ2n) is 20.8. The van der Waals surface area contributed by atoms with Gasteiger partial charge in [-0.3, -0.25) is 0 Å². The fourth-order valence-electron chi connectivity index (χ4n) is 11.9. The maximum absolute atomic E-state index is 6.92.